The first-order valence-corrected chi connectivity index (χ1v) is 7.92. The Labute approximate surface area is 129 Å². The van der Waals surface area contributed by atoms with E-state index >= 15 is 0 Å². The summed E-state index contributed by atoms with van der Waals surface area (Å²) >= 11 is 4.84. The van der Waals surface area contributed by atoms with Gasteiger partial charge in [0.05, 0.1) is 5.75 Å². The maximum absolute atomic E-state index is 10.6. The van der Waals surface area contributed by atoms with E-state index in [-0.39, 0.29) is 0 Å². The lowest BCUT2D eigenvalue weighted by Crippen LogP contribution is -2.32. The number of aliphatic carboxylic acids is 1. The minimum atomic E-state index is -0.979. The molecule has 0 bridgehead atoms. The van der Waals surface area contributed by atoms with Gasteiger partial charge in [0.15, 0.2) is 0 Å². The summed E-state index contributed by atoms with van der Waals surface area (Å²) in [7, 11) is 0. The third kappa shape index (κ3) is 4.13. The van der Waals surface area contributed by atoms with Crippen LogP contribution in [0.25, 0.3) is 11.3 Å². The molecule has 106 valence electrons. The topological polar surface area (TPSA) is 76.5 Å². The number of hydrogen-bond donors (Lipinski definition) is 2. The molecule has 1 aromatic heterocycles. The molecule has 2 aromatic rings. The van der Waals surface area contributed by atoms with Crippen molar-refractivity contribution in [3.05, 3.63) is 46.6 Å². The summed E-state index contributed by atoms with van der Waals surface area (Å²) in [5.41, 5.74) is 6.44. The first kappa shape index (κ1) is 15.2. The Morgan fingerprint density at radius 2 is 2.00 bits per heavy atom. The Balaban J connectivity index is 1.92. The maximum Gasteiger partial charge on any atom is 0.321 e. The second-order valence-electron chi connectivity index (χ2n) is 4.23. The molecule has 0 saturated heterocycles. The maximum atomic E-state index is 10.6. The molecule has 1 atom stereocenters. The molecule has 0 fully saturated rings. The summed E-state index contributed by atoms with van der Waals surface area (Å²) in [4.78, 5) is 10.6. The van der Waals surface area contributed by atoms with Crippen molar-refractivity contribution in [2.24, 2.45) is 5.73 Å². The van der Waals surface area contributed by atoms with Gasteiger partial charge in [-0.2, -0.15) is 11.8 Å². The Kier molecular flexibility index (Phi) is 5.28. The monoisotopic (exact) mass is 355 g/mol. The number of benzene rings is 1. The molecule has 0 aliphatic carbocycles. The highest BCUT2D eigenvalue weighted by atomic mass is 79.9. The Morgan fingerprint density at radius 3 is 2.65 bits per heavy atom. The van der Waals surface area contributed by atoms with Gasteiger partial charge in [0.1, 0.15) is 17.6 Å². The van der Waals surface area contributed by atoms with Crippen LogP contribution in [-0.2, 0) is 10.5 Å². The summed E-state index contributed by atoms with van der Waals surface area (Å²) < 4.78 is 6.75. The molecule has 2 rings (SSSR count). The molecular formula is C14H14BrNO3S. The lowest BCUT2D eigenvalue weighted by Gasteiger charge is -2.04. The first-order chi connectivity index (χ1) is 9.56. The lowest BCUT2D eigenvalue weighted by atomic mass is 10.2. The van der Waals surface area contributed by atoms with Crippen LogP contribution in [0.5, 0.6) is 0 Å². The summed E-state index contributed by atoms with van der Waals surface area (Å²) in [5.74, 6) is 1.61. The van der Waals surface area contributed by atoms with Gasteiger partial charge in [-0.1, -0.05) is 28.1 Å². The molecule has 1 unspecified atom stereocenters. The fourth-order valence-corrected chi connectivity index (χ4v) is 2.72. The number of furan rings is 1. The van der Waals surface area contributed by atoms with Gasteiger partial charge in [0, 0.05) is 15.8 Å². The quantitative estimate of drug-likeness (QED) is 0.830. The molecule has 20 heavy (non-hydrogen) atoms. The Morgan fingerprint density at radius 1 is 1.30 bits per heavy atom. The van der Waals surface area contributed by atoms with Crippen LogP contribution in [0, 0.1) is 0 Å². The third-order valence-corrected chi connectivity index (χ3v) is 4.26. The highest BCUT2D eigenvalue weighted by Gasteiger charge is 2.12. The Hall–Kier alpha value is -1.24. The van der Waals surface area contributed by atoms with Crippen molar-refractivity contribution in [1.82, 2.24) is 0 Å². The number of carbonyl (C=O) groups is 1. The van der Waals surface area contributed by atoms with Gasteiger partial charge in [-0.15, -0.1) is 0 Å². The zero-order valence-corrected chi connectivity index (χ0v) is 13.0. The molecule has 6 heteroatoms. The van der Waals surface area contributed by atoms with E-state index in [1.54, 1.807) is 0 Å². The van der Waals surface area contributed by atoms with Gasteiger partial charge < -0.3 is 15.3 Å². The summed E-state index contributed by atoms with van der Waals surface area (Å²) in [6.07, 6.45) is 0. The van der Waals surface area contributed by atoms with Crippen molar-refractivity contribution in [2.45, 2.75) is 11.8 Å². The molecule has 1 heterocycles. The number of rotatable bonds is 6. The van der Waals surface area contributed by atoms with E-state index in [4.69, 9.17) is 15.3 Å². The van der Waals surface area contributed by atoms with E-state index in [2.05, 4.69) is 15.9 Å². The van der Waals surface area contributed by atoms with Crippen LogP contribution in [0.1, 0.15) is 5.76 Å². The van der Waals surface area contributed by atoms with Crippen molar-refractivity contribution in [1.29, 1.82) is 0 Å². The Bertz CT molecular complexity index is 582. The van der Waals surface area contributed by atoms with Crippen molar-refractivity contribution >= 4 is 33.7 Å². The van der Waals surface area contributed by atoms with E-state index < -0.39 is 12.0 Å². The minimum absolute atomic E-state index is 0.365. The van der Waals surface area contributed by atoms with Crippen LogP contribution in [0.15, 0.2) is 45.3 Å². The minimum Gasteiger partial charge on any atom is -0.480 e. The van der Waals surface area contributed by atoms with Crippen molar-refractivity contribution in [3.8, 4) is 11.3 Å². The largest absolute Gasteiger partial charge is 0.480 e. The third-order valence-electron chi connectivity index (χ3n) is 2.65. The summed E-state index contributed by atoms with van der Waals surface area (Å²) in [5, 5.41) is 8.69. The van der Waals surface area contributed by atoms with Gasteiger partial charge in [-0.25, -0.2) is 0 Å². The molecule has 0 aliphatic heterocycles. The molecular weight excluding hydrogens is 342 g/mol. The van der Waals surface area contributed by atoms with Crippen LogP contribution in [-0.4, -0.2) is 22.9 Å². The lowest BCUT2D eigenvalue weighted by molar-refractivity contribution is -0.137. The van der Waals surface area contributed by atoms with Crippen molar-refractivity contribution < 1.29 is 14.3 Å². The van der Waals surface area contributed by atoms with Crippen LogP contribution in [0.4, 0.5) is 0 Å². The summed E-state index contributed by atoms with van der Waals surface area (Å²) in [6, 6.07) is 10.8. The normalized spacial score (nSPS) is 12.3. The van der Waals surface area contributed by atoms with E-state index in [1.807, 2.05) is 36.4 Å². The van der Waals surface area contributed by atoms with E-state index in [0.29, 0.717) is 11.5 Å². The number of thioether (sulfide) groups is 1. The number of carboxylic acid groups (broad SMARTS) is 1. The fraction of sp³-hybridized carbons (Fsp3) is 0.214. The zero-order chi connectivity index (χ0) is 14.5. The van der Waals surface area contributed by atoms with E-state index in [9.17, 15) is 4.79 Å². The molecule has 4 nitrogen and oxygen atoms in total. The van der Waals surface area contributed by atoms with Gasteiger partial charge >= 0.3 is 5.97 Å². The van der Waals surface area contributed by atoms with E-state index in [1.165, 1.54) is 11.8 Å². The van der Waals surface area contributed by atoms with Crippen LogP contribution < -0.4 is 5.73 Å². The molecule has 0 spiro atoms. The second kappa shape index (κ2) is 6.97. The predicted molar refractivity (Wildman–Crippen MR) is 83.6 cm³/mol. The molecule has 1 aromatic carbocycles. The SMILES string of the molecule is NC(CSCc1ccc(-c2ccc(Br)cc2)o1)C(=O)O. The molecule has 0 radical (unpaired) electrons. The van der Waals surface area contributed by atoms with Crippen molar-refractivity contribution in [3.63, 3.8) is 0 Å². The van der Waals surface area contributed by atoms with Crippen LogP contribution in [0.2, 0.25) is 0 Å². The van der Waals surface area contributed by atoms with Gasteiger partial charge in [0.25, 0.3) is 0 Å². The average molecular weight is 356 g/mol. The zero-order valence-electron chi connectivity index (χ0n) is 10.6. The smallest absolute Gasteiger partial charge is 0.321 e. The number of carboxylic acids is 1. The van der Waals surface area contributed by atoms with E-state index in [0.717, 1.165) is 21.6 Å². The van der Waals surface area contributed by atoms with Crippen molar-refractivity contribution in [2.75, 3.05) is 5.75 Å². The number of halogens is 1. The highest BCUT2D eigenvalue weighted by Crippen LogP contribution is 2.25. The van der Waals surface area contributed by atoms with Gasteiger partial charge in [0.2, 0.25) is 0 Å². The summed E-state index contributed by atoms with van der Waals surface area (Å²) in [6.45, 7) is 0. The first-order valence-electron chi connectivity index (χ1n) is 5.97. The number of hydrogen-bond acceptors (Lipinski definition) is 4. The average Bonchev–Trinajstić information content (AvgIpc) is 2.88. The molecule has 0 saturated carbocycles. The van der Waals surface area contributed by atoms with Gasteiger partial charge in [-0.3, -0.25) is 4.79 Å². The highest BCUT2D eigenvalue weighted by molar-refractivity contribution is 9.10. The molecule has 3 N–H and O–H groups in total. The molecule has 0 aliphatic rings. The second-order valence-corrected chi connectivity index (χ2v) is 6.18. The van der Waals surface area contributed by atoms with Crippen LogP contribution >= 0.6 is 27.7 Å². The van der Waals surface area contributed by atoms with Gasteiger partial charge in [-0.05, 0) is 24.3 Å². The number of nitrogens with two attached hydrogens (primary N) is 1. The molecule has 0 amide bonds. The predicted octanol–water partition coefficient (Wildman–Crippen LogP) is 3.35. The standard InChI is InChI=1S/C14H14BrNO3S/c15-10-3-1-9(2-4-10)13-6-5-11(19-13)7-20-8-12(16)14(17)18/h1-6,12H,7-8,16H2,(H,17,18). The van der Waals surface area contributed by atoms with Crippen LogP contribution in [0.3, 0.4) is 0 Å². The fourth-order valence-electron chi connectivity index (χ4n) is 1.58.